The summed E-state index contributed by atoms with van der Waals surface area (Å²) in [5.74, 6) is 0.646. The van der Waals surface area contributed by atoms with Crippen LogP contribution in [0.3, 0.4) is 0 Å². The fraction of sp³-hybridized carbons (Fsp3) is 0. The van der Waals surface area contributed by atoms with Gasteiger partial charge in [-0.1, -0.05) is 35.3 Å². The third-order valence-corrected chi connectivity index (χ3v) is 3.93. The van der Waals surface area contributed by atoms with Crippen molar-refractivity contribution in [3.63, 3.8) is 0 Å². The molecule has 3 nitrogen and oxygen atoms in total. The second-order valence-electron chi connectivity index (χ2n) is 3.90. The Hall–Kier alpha value is -1.36. The molecule has 0 aliphatic carbocycles. The van der Waals surface area contributed by atoms with Crippen LogP contribution in [0.4, 0.5) is 11.4 Å². The number of hydrogen-bond donors (Lipinski definition) is 2. The molecule has 0 aromatic heterocycles. The molecule has 0 spiro atoms. The number of halogens is 2. The van der Waals surface area contributed by atoms with Crippen LogP contribution in [0.5, 0.6) is 0 Å². The summed E-state index contributed by atoms with van der Waals surface area (Å²) in [6, 6.07) is 13.2. The number of hydrogen-bond acceptors (Lipinski definition) is 4. The lowest BCUT2D eigenvalue weighted by Gasteiger charge is -2.18. The van der Waals surface area contributed by atoms with Crippen molar-refractivity contribution in [2.24, 2.45) is 4.40 Å². The molecule has 2 N–H and O–H groups in total. The molecule has 0 fully saturated rings. The van der Waals surface area contributed by atoms with Crippen molar-refractivity contribution in [1.82, 2.24) is 0 Å². The summed E-state index contributed by atoms with van der Waals surface area (Å²) < 4.78 is 4.34. The molecule has 3 rings (SSSR count). The fourth-order valence-electron chi connectivity index (χ4n) is 1.66. The Labute approximate surface area is 125 Å². The Morgan fingerprint density at radius 1 is 1.11 bits per heavy atom. The fourth-order valence-corrected chi connectivity index (χ4v) is 2.76. The Morgan fingerprint density at radius 2 is 1.95 bits per heavy atom. The van der Waals surface area contributed by atoms with E-state index in [-0.39, 0.29) is 0 Å². The van der Waals surface area contributed by atoms with E-state index < -0.39 is 0 Å². The molecule has 0 atom stereocenters. The van der Waals surface area contributed by atoms with Gasteiger partial charge in [0, 0.05) is 17.0 Å². The lowest BCUT2D eigenvalue weighted by molar-refractivity contribution is 1.40. The Morgan fingerprint density at radius 3 is 2.79 bits per heavy atom. The van der Waals surface area contributed by atoms with Crippen LogP contribution in [0.25, 0.3) is 0 Å². The van der Waals surface area contributed by atoms with E-state index >= 15 is 0 Å². The summed E-state index contributed by atoms with van der Waals surface area (Å²) in [6.07, 6.45) is 0. The zero-order valence-electron chi connectivity index (χ0n) is 9.65. The van der Waals surface area contributed by atoms with Gasteiger partial charge in [0.2, 0.25) is 5.96 Å². The second kappa shape index (κ2) is 5.33. The standard InChI is InChI=1S/C13H9Cl2N3S/c14-8-5-6-11-12(7-8)19-18-13(17-11)16-10-4-2-1-3-9(10)15/h1-7H,(H2,16,17,18). The highest BCUT2D eigenvalue weighted by atomic mass is 35.5. The summed E-state index contributed by atoms with van der Waals surface area (Å²) in [6.45, 7) is 0. The number of rotatable bonds is 1. The van der Waals surface area contributed by atoms with Crippen LogP contribution in [-0.4, -0.2) is 5.96 Å². The number of guanidine groups is 1. The summed E-state index contributed by atoms with van der Waals surface area (Å²) in [4.78, 5) is 0.997. The molecule has 0 amide bonds. The predicted molar refractivity (Wildman–Crippen MR) is 83.4 cm³/mol. The van der Waals surface area contributed by atoms with E-state index in [9.17, 15) is 0 Å². The van der Waals surface area contributed by atoms with E-state index in [0.29, 0.717) is 16.0 Å². The van der Waals surface area contributed by atoms with Gasteiger partial charge in [-0.3, -0.25) is 0 Å². The highest BCUT2D eigenvalue weighted by Crippen LogP contribution is 2.34. The summed E-state index contributed by atoms with van der Waals surface area (Å²) in [5.41, 5.74) is 1.78. The molecule has 0 unspecified atom stereocenters. The van der Waals surface area contributed by atoms with Crippen LogP contribution in [0.15, 0.2) is 51.8 Å². The molecule has 0 saturated carbocycles. The molecule has 6 heteroatoms. The van der Waals surface area contributed by atoms with Crippen LogP contribution in [0.1, 0.15) is 0 Å². The second-order valence-corrected chi connectivity index (χ2v) is 5.55. The van der Waals surface area contributed by atoms with E-state index in [1.807, 2.05) is 42.5 Å². The van der Waals surface area contributed by atoms with Crippen LogP contribution in [0, 0.1) is 0 Å². The largest absolute Gasteiger partial charge is 0.324 e. The van der Waals surface area contributed by atoms with Gasteiger partial charge in [0.25, 0.3) is 0 Å². The molecule has 1 heterocycles. The third-order valence-electron chi connectivity index (χ3n) is 2.56. The molecule has 1 aliphatic rings. The van der Waals surface area contributed by atoms with Crippen molar-refractivity contribution in [2.45, 2.75) is 4.90 Å². The topological polar surface area (TPSA) is 36.4 Å². The first kappa shape index (κ1) is 12.7. The molecule has 1 aliphatic heterocycles. The summed E-state index contributed by atoms with van der Waals surface area (Å²) in [7, 11) is 0. The zero-order valence-corrected chi connectivity index (χ0v) is 12.0. The molecular formula is C13H9Cl2N3S. The van der Waals surface area contributed by atoms with E-state index in [1.54, 1.807) is 0 Å². The van der Waals surface area contributed by atoms with E-state index in [1.165, 1.54) is 11.9 Å². The number of nitrogens with zero attached hydrogens (tertiary/aromatic N) is 1. The smallest absolute Gasteiger partial charge is 0.212 e. The first-order valence-corrected chi connectivity index (χ1v) is 7.08. The Kier molecular flexibility index (Phi) is 3.55. The van der Waals surface area contributed by atoms with Gasteiger partial charge in [0.05, 0.1) is 21.3 Å². The molecule has 96 valence electrons. The van der Waals surface area contributed by atoms with Gasteiger partial charge in [0.15, 0.2) is 0 Å². The van der Waals surface area contributed by atoms with Crippen molar-refractivity contribution >= 4 is 52.5 Å². The minimum absolute atomic E-state index is 0.646. The van der Waals surface area contributed by atoms with Crippen LogP contribution in [-0.2, 0) is 0 Å². The number of fused-ring (bicyclic) bond motifs is 1. The first-order chi connectivity index (χ1) is 9.22. The molecular weight excluding hydrogens is 301 g/mol. The van der Waals surface area contributed by atoms with Gasteiger partial charge < -0.3 is 10.6 Å². The number of anilines is 2. The average Bonchev–Trinajstić information content (AvgIpc) is 2.41. The maximum absolute atomic E-state index is 6.09. The first-order valence-electron chi connectivity index (χ1n) is 5.55. The molecule has 2 aromatic rings. The van der Waals surface area contributed by atoms with Crippen molar-refractivity contribution in [2.75, 3.05) is 10.6 Å². The van der Waals surface area contributed by atoms with Gasteiger partial charge in [0.1, 0.15) is 0 Å². The van der Waals surface area contributed by atoms with Crippen molar-refractivity contribution in [3.05, 3.63) is 52.5 Å². The molecule has 0 saturated heterocycles. The molecule has 2 aromatic carbocycles. The maximum atomic E-state index is 6.09. The monoisotopic (exact) mass is 309 g/mol. The van der Waals surface area contributed by atoms with E-state index in [4.69, 9.17) is 23.2 Å². The van der Waals surface area contributed by atoms with Crippen LogP contribution >= 0.6 is 35.1 Å². The van der Waals surface area contributed by atoms with Gasteiger partial charge >= 0.3 is 0 Å². The van der Waals surface area contributed by atoms with Gasteiger partial charge in [-0.05, 0) is 30.3 Å². The van der Waals surface area contributed by atoms with Gasteiger partial charge in [-0.25, -0.2) is 0 Å². The highest BCUT2D eigenvalue weighted by molar-refractivity contribution is 7.98. The maximum Gasteiger partial charge on any atom is 0.212 e. The predicted octanol–water partition coefficient (Wildman–Crippen LogP) is 4.89. The number of nitrogens with one attached hydrogen (secondary N) is 2. The van der Waals surface area contributed by atoms with Crippen molar-refractivity contribution in [1.29, 1.82) is 0 Å². The lowest BCUT2D eigenvalue weighted by atomic mass is 10.3. The summed E-state index contributed by atoms with van der Waals surface area (Å²) >= 11 is 13.4. The molecule has 19 heavy (non-hydrogen) atoms. The third kappa shape index (κ3) is 2.81. The van der Waals surface area contributed by atoms with Crippen molar-refractivity contribution in [3.8, 4) is 0 Å². The van der Waals surface area contributed by atoms with Crippen LogP contribution in [0.2, 0.25) is 10.0 Å². The summed E-state index contributed by atoms with van der Waals surface area (Å²) in [5, 5.41) is 7.71. The van der Waals surface area contributed by atoms with Crippen LogP contribution < -0.4 is 10.6 Å². The Bertz CT molecular complexity index is 658. The number of para-hydroxylation sites is 1. The quantitative estimate of drug-likeness (QED) is 0.736. The normalized spacial score (nSPS) is 13.3. The average molecular weight is 310 g/mol. The SMILES string of the molecule is Clc1ccc2c(c1)SN=C(Nc1ccccc1Cl)N2. The molecule has 0 bridgehead atoms. The van der Waals surface area contributed by atoms with Gasteiger partial charge in [-0.15, -0.1) is 0 Å². The zero-order chi connectivity index (χ0) is 13.2. The minimum atomic E-state index is 0.646. The number of benzene rings is 2. The Balaban J connectivity index is 1.81. The van der Waals surface area contributed by atoms with E-state index in [0.717, 1.165) is 16.3 Å². The van der Waals surface area contributed by atoms with E-state index in [2.05, 4.69) is 15.0 Å². The lowest BCUT2D eigenvalue weighted by Crippen LogP contribution is -2.23. The van der Waals surface area contributed by atoms with Gasteiger partial charge in [-0.2, -0.15) is 4.40 Å². The molecule has 0 radical (unpaired) electrons. The van der Waals surface area contributed by atoms with Crippen molar-refractivity contribution < 1.29 is 0 Å². The minimum Gasteiger partial charge on any atom is -0.324 e. The highest BCUT2D eigenvalue weighted by Gasteiger charge is 2.13.